The highest BCUT2D eigenvalue weighted by molar-refractivity contribution is 5.47. The number of anilines is 1. The summed E-state index contributed by atoms with van der Waals surface area (Å²) < 4.78 is 0. The van der Waals surface area contributed by atoms with Crippen molar-refractivity contribution in [2.24, 2.45) is 0 Å². The highest BCUT2D eigenvalue weighted by Gasteiger charge is 2.29. The third-order valence-corrected chi connectivity index (χ3v) is 2.84. The Hall–Kier alpha value is -1.02. The fourth-order valence-electron chi connectivity index (χ4n) is 2.47. The molecule has 1 atom stereocenters. The molecule has 1 unspecified atom stereocenters. The molecular formula is C13H20N2. The Morgan fingerprint density at radius 3 is 2.53 bits per heavy atom. The molecule has 0 amide bonds. The molecular weight excluding hydrogens is 184 g/mol. The Bertz CT molecular complexity index is 319. The molecule has 15 heavy (non-hydrogen) atoms. The van der Waals surface area contributed by atoms with Gasteiger partial charge in [-0.1, -0.05) is 18.2 Å². The number of rotatable bonds is 1. The molecule has 1 aliphatic rings. The maximum atomic E-state index is 3.61. The molecule has 2 nitrogen and oxygen atoms in total. The largest absolute Gasteiger partial charge is 0.368 e. The van der Waals surface area contributed by atoms with E-state index in [0.29, 0.717) is 6.04 Å². The van der Waals surface area contributed by atoms with E-state index in [1.54, 1.807) is 0 Å². The van der Waals surface area contributed by atoms with Crippen LogP contribution < -0.4 is 10.2 Å². The highest BCUT2D eigenvalue weighted by atomic mass is 15.2. The van der Waals surface area contributed by atoms with Gasteiger partial charge in [0.25, 0.3) is 0 Å². The second-order valence-corrected chi connectivity index (χ2v) is 5.15. The van der Waals surface area contributed by atoms with Crippen LogP contribution in [0, 0.1) is 0 Å². The van der Waals surface area contributed by atoms with Crippen LogP contribution in [0.1, 0.15) is 20.8 Å². The number of nitrogens with one attached hydrogen (secondary N) is 1. The lowest BCUT2D eigenvalue weighted by Gasteiger charge is -2.43. The third-order valence-electron chi connectivity index (χ3n) is 2.84. The number of benzene rings is 1. The molecule has 1 N–H and O–H groups in total. The van der Waals surface area contributed by atoms with Gasteiger partial charge in [0, 0.05) is 30.4 Å². The van der Waals surface area contributed by atoms with Crippen molar-refractivity contribution >= 4 is 5.69 Å². The molecule has 1 fully saturated rings. The van der Waals surface area contributed by atoms with E-state index >= 15 is 0 Å². The lowest BCUT2D eigenvalue weighted by Crippen LogP contribution is -2.61. The first-order valence-corrected chi connectivity index (χ1v) is 5.64. The second-order valence-electron chi connectivity index (χ2n) is 5.15. The summed E-state index contributed by atoms with van der Waals surface area (Å²) in [6.45, 7) is 8.93. The van der Waals surface area contributed by atoms with Crippen LogP contribution in [-0.4, -0.2) is 24.7 Å². The summed E-state index contributed by atoms with van der Waals surface area (Å²) in [6, 6.07) is 11.2. The van der Waals surface area contributed by atoms with E-state index in [4.69, 9.17) is 0 Å². The van der Waals surface area contributed by atoms with E-state index in [1.165, 1.54) is 5.69 Å². The Labute approximate surface area is 92.3 Å². The first-order chi connectivity index (χ1) is 7.07. The molecule has 1 aromatic rings. The summed E-state index contributed by atoms with van der Waals surface area (Å²) >= 11 is 0. The van der Waals surface area contributed by atoms with Gasteiger partial charge in [-0.25, -0.2) is 0 Å². The zero-order valence-electron chi connectivity index (χ0n) is 9.83. The monoisotopic (exact) mass is 204 g/mol. The standard InChI is InChI=1S/C13H20N2/c1-11-9-15(10-13(2,3)14-11)12-7-5-4-6-8-12/h4-8,11,14H,9-10H2,1-3H3. The quantitative estimate of drug-likeness (QED) is 0.755. The van der Waals surface area contributed by atoms with Gasteiger partial charge in [-0.3, -0.25) is 0 Å². The van der Waals surface area contributed by atoms with Crippen molar-refractivity contribution in [3.05, 3.63) is 30.3 Å². The fraction of sp³-hybridized carbons (Fsp3) is 0.538. The molecule has 0 radical (unpaired) electrons. The smallest absolute Gasteiger partial charge is 0.0367 e. The molecule has 0 bridgehead atoms. The summed E-state index contributed by atoms with van der Waals surface area (Å²) in [5.74, 6) is 0. The molecule has 0 spiro atoms. The summed E-state index contributed by atoms with van der Waals surface area (Å²) in [5.41, 5.74) is 1.53. The van der Waals surface area contributed by atoms with Gasteiger partial charge in [0.15, 0.2) is 0 Å². The fourth-order valence-corrected chi connectivity index (χ4v) is 2.47. The summed E-state index contributed by atoms with van der Waals surface area (Å²) in [7, 11) is 0. The van der Waals surface area contributed by atoms with Gasteiger partial charge in [-0.15, -0.1) is 0 Å². The summed E-state index contributed by atoms with van der Waals surface area (Å²) in [4.78, 5) is 2.46. The van der Waals surface area contributed by atoms with Crippen molar-refractivity contribution in [2.75, 3.05) is 18.0 Å². The van der Waals surface area contributed by atoms with Crippen molar-refractivity contribution < 1.29 is 0 Å². The molecule has 0 aliphatic carbocycles. The molecule has 0 aromatic heterocycles. The van der Waals surface area contributed by atoms with E-state index in [1.807, 2.05) is 0 Å². The lowest BCUT2D eigenvalue weighted by atomic mass is 9.98. The zero-order chi connectivity index (χ0) is 10.9. The second kappa shape index (κ2) is 3.86. The topological polar surface area (TPSA) is 15.3 Å². The average molecular weight is 204 g/mol. The third kappa shape index (κ3) is 2.51. The number of para-hydroxylation sites is 1. The van der Waals surface area contributed by atoms with Crippen molar-refractivity contribution in [1.82, 2.24) is 5.32 Å². The van der Waals surface area contributed by atoms with Crippen molar-refractivity contribution in [3.8, 4) is 0 Å². The van der Waals surface area contributed by atoms with Crippen molar-refractivity contribution in [3.63, 3.8) is 0 Å². The molecule has 2 heteroatoms. The van der Waals surface area contributed by atoms with Gasteiger partial charge in [0.2, 0.25) is 0 Å². The van der Waals surface area contributed by atoms with Crippen LogP contribution in [0.2, 0.25) is 0 Å². The number of nitrogens with zero attached hydrogens (tertiary/aromatic N) is 1. The Morgan fingerprint density at radius 2 is 1.93 bits per heavy atom. The molecule has 1 saturated heterocycles. The summed E-state index contributed by atoms with van der Waals surface area (Å²) in [5, 5.41) is 3.61. The molecule has 1 aromatic carbocycles. The van der Waals surface area contributed by atoms with Gasteiger partial charge in [0.1, 0.15) is 0 Å². The molecule has 2 rings (SSSR count). The maximum absolute atomic E-state index is 3.61. The van der Waals surface area contributed by atoms with Crippen LogP contribution in [0.15, 0.2) is 30.3 Å². The number of piperazine rings is 1. The van der Waals surface area contributed by atoms with Gasteiger partial charge in [0.05, 0.1) is 0 Å². The number of hydrogen-bond donors (Lipinski definition) is 1. The Balaban J connectivity index is 2.17. The Morgan fingerprint density at radius 1 is 1.27 bits per heavy atom. The maximum Gasteiger partial charge on any atom is 0.0367 e. The van der Waals surface area contributed by atoms with Crippen LogP contribution in [0.4, 0.5) is 5.69 Å². The van der Waals surface area contributed by atoms with Crippen LogP contribution in [0.3, 0.4) is 0 Å². The van der Waals surface area contributed by atoms with Crippen LogP contribution in [-0.2, 0) is 0 Å². The first-order valence-electron chi connectivity index (χ1n) is 5.64. The molecule has 1 aliphatic heterocycles. The minimum atomic E-state index is 0.202. The Kier molecular flexibility index (Phi) is 2.70. The molecule has 82 valence electrons. The zero-order valence-corrected chi connectivity index (χ0v) is 9.83. The number of hydrogen-bond acceptors (Lipinski definition) is 2. The van der Waals surface area contributed by atoms with Gasteiger partial charge >= 0.3 is 0 Å². The lowest BCUT2D eigenvalue weighted by molar-refractivity contribution is 0.301. The van der Waals surface area contributed by atoms with Crippen LogP contribution in [0.5, 0.6) is 0 Å². The SMILES string of the molecule is CC1CN(c2ccccc2)CC(C)(C)N1. The predicted octanol–water partition coefficient (Wildman–Crippen LogP) is 2.26. The van der Waals surface area contributed by atoms with E-state index in [0.717, 1.165) is 13.1 Å². The minimum absolute atomic E-state index is 0.202. The van der Waals surface area contributed by atoms with Crippen LogP contribution >= 0.6 is 0 Å². The first kappa shape index (κ1) is 10.5. The normalized spacial score (nSPS) is 25.3. The van der Waals surface area contributed by atoms with E-state index in [9.17, 15) is 0 Å². The minimum Gasteiger partial charge on any atom is -0.368 e. The highest BCUT2D eigenvalue weighted by Crippen LogP contribution is 2.21. The van der Waals surface area contributed by atoms with E-state index in [2.05, 4.69) is 61.3 Å². The van der Waals surface area contributed by atoms with Gasteiger partial charge in [-0.05, 0) is 32.9 Å². The average Bonchev–Trinajstić information content (AvgIpc) is 2.16. The van der Waals surface area contributed by atoms with Gasteiger partial charge in [-0.2, -0.15) is 0 Å². The van der Waals surface area contributed by atoms with E-state index in [-0.39, 0.29) is 5.54 Å². The van der Waals surface area contributed by atoms with Crippen molar-refractivity contribution in [1.29, 1.82) is 0 Å². The summed E-state index contributed by atoms with van der Waals surface area (Å²) in [6.07, 6.45) is 0. The predicted molar refractivity (Wildman–Crippen MR) is 65.3 cm³/mol. The van der Waals surface area contributed by atoms with Crippen molar-refractivity contribution in [2.45, 2.75) is 32.4 Å². The molecule has 1 heterocycles. The molecule has 0 saturated carbocycles. The van der Waals surface area contributed by atoms with Gasteiger partial charge < -0.3 is 10.2 Å². The van der Waals surface area contributed by atoms with E-state index < -0.39 is 0 Å². The van der Waals surface area contributed by atoms with Crippen LogP contribution in [0.25, 0.3) is 0 Å².